The first-order valence-corrected chi connectivity index (χ1v) is 5.01. The van der Waals surface area contributed by atoms with Crippen LogP contribution in [0.4, 0.5) is 4.39 Å². The normalized spacial score (nSPS) is 10.9. The van der Waals surface area contributed by atoms with E-state index in [2.05, 4.69) is 18.4 Å². The van der Waals surface area contributed by atoms with Crippen LogP contribution in [0.25, 0.3) is 5.69 Å². The van der Waals surface area contributed by atoms with Crippen LogP contribution in [0.15, 0.2) is 43.0 Å². The zero-order valence-electron chi connectivity index (χ0n) is 8.89. The minimum absolute atomic E-state index is 0.206. The average Bonchev–Trinajstić information content (AvgIpc) is 2.68. The third-order valence-corrected chi connectivity index (χ3v) is 2.38. The van der Waals surface area contributed by atoms with Crippen molar-refractivity contribution in [2.24, 2.45) is 0 Å². The lowest BCUT2D eigenvalue weighted by molar-refractivity contribution is -0.715. The summed E-state index contributed by atoms with van der Waals surface area (Å²) in [6.45, 7) is 4.24. The predicted octanol–water partition coefficient (Wildman–Crippen LogP) is 2.48. The highest BCUT2D eigenvalue weighted by Gasteiger charge is 2.08. The molecular formula is C12H14FN2+. The number of nitrogens with zero attached hydrogens (tertiary/aromatic N) is 2. The Kier molecular flexibility index (Phi) is 2.54. The first-order chi connectivity index (χ1) is 7.16. The Labute approximate surface area is 88.6 Å². The van der Waals surface area contributed by atoms with Crippen LogP contribution < -0.4 is 4.57 Å². The molecule has 78 valence electrons. The van der Waals surface area contributed by atoms with Gasteiger partial charge in [0.15, 0.2) is 0 Å². The summed E-state index contributed by atoms with van der Waals surface area (Å²) >= 11 is 0. The molecule has 2 rings (SSSR count). The minimum Gasteiger partial charge on any atom is -0.234 e. The van der Waals surface area contributed by atoms with Crippen molar-refractivity contribution in [1.29, 1.82) is 0 Å². The van der Waals surface area contributed by atoms with Crippen molar-refractivity contribution in [3.8, 4) is 5.69 Å². The van der Waals surface area contributed by atoms with Gasteiger partial charge in [-0.2, -0.15) is 0 Å². The van der Waals surface area contributed by atoms with Gasteiger partial charge < -0.3 is 0 Å². The van der Waals surface area contributed by atoms with E-state index in [-0.39, 0.29) is 5.82 Å². The maximum atomic E-state index is 12.7. The lowest BCUT2D eigenvalue weighted by Gasteiger charge is -1.98. The van der Waals surface area contributed by atoms with Crippen molar-refractivity contribution < 1.29 is 8.96 Å². The maximum Gasteiger partial charge on any atom is 0.249 e. The highest BCUT2D eigenvalue weighted by atomic mass is 19.1. The summed E-state index contributed by atoms with van der Waals surface area (Å²) in [6, 6.07) is 6.90. The van der Waals surface area contributed by atoms with Gasteiger partial charge in [-0.05, 0) is 38.1 Å². The summed E-state index contributed by atoms with van der Waals surface area (Å²) in [6.07, 6.45) is 5.97. The quantitative estimate of drug-likeness (QED) is 0.666. The van der Waals surface area contributed by atoms with E-state index in [1.165, 1.54) is 12.1 Å². The second kappa shape index (κ2) is 3.85. The Morgan fingerprint density at radius 1 is 1.20 bits per heavy atom. The molecule has 0 unspecified atom stereocenters. The zero-order chi connectivity index (χ0) is 10.8. The monoisotopic (exact) mass is 205 g/mol. The molecule has 0 atom stereocenters. The van der Waals surface area contributed by atoms with Gasteiger partial charge in [-0.3, -0.25) is 0 Å². The molecule has 0 fully saturated rings. The van der Waals surface area contributed by atoms with Gasteiger partial charge >= 0.3 is 0 Å². The van der Waals surface area contributed by atoms with Crippen LogP contribution in [-0.2, 0) is 0 Å². The molecule has 1 aromatic carbocycles. The summed E-state index contributed by atoms with van der Waals surface area (Å²) in [4.78, 5) is 0. The molecule has 1 heterocycles. The van der Waals surface area contributed by atoms with E-state index in [0.717, 1.165) is 5.69 Å². The number of halogens is 1. The van der Waals surface area contributed by atoms with Crippen molar-refractivity contribution in [2.45, 2.75) is 19.9 Å². The van der Waals surface area contributed by atoms with E-state index < -0.39 is 0 Å². The topological polar surface area (TPSA) is 8.81 Å². The molecule has 0 aliphatic carbocycles. The number of rotatable bonds is 2. The molecule has 2 nitrogen and oxygen atoms in total. The fourth-order valence-electron chi connectivity index (χ4n) is 1.44. The van der Waals surface area contributed by atoms with Gasteiger partial charge in [-0.1, -0.05) is 0 Å². The van der Waals surface area contributed by atoms with Gasteiger partial charge in [0.2, 0.25) is 6.33 Å². The van der Waals surface area contributed by atoms with Gasteiger partial charge in [-0.15, -0.1) is 0 Å². The van der Waals surface area contributed by atoms with E-state index >= 15 is 0 Å². The molecule has 0 aliphatic heterocycles. The summed E-state index contributed by atoms with van der Waals surface area (Å²) in [5.74, 6) is -0.206. The molecule has 15 heavy (non-hydrogen) atoms. The molecule has 3 heteroatoms. The van der Waals surface area contributed by atoms with Crippen LogP contribution in [-0.4, -0.2) is 4.57 Å². The first-order valence-electron chi connectivity index (χ1n) is 5.01. The van der Waals surface area contributed by atoms with E-state index in [0.29, 0.717) is 6.04 Å². The number of benzene rings is 1. The van der Waals surface area contributed by atoms with E-state index in [1.54, 1.807) is 12.1 Å². The van der Waals surface area contributed by atoms with E-state index in [9.17, 15) is 4.39 Å². The van der Waals surface area contributed by atoms with Crippen LogP contribution in [0.3, 0.4) is 0 Å². The lowest BCUT2D eigenvalue weighted by Crippen LogP contribution is -2.33. The molecule has 0 N–H and O–H groups in total. The largest absolute Gasteiger partial charge is 0.249 e. The number of hydrogen-bond acceptors (Lipinski definition) is 0. The zero-order valence-corrected chi connectivity index (χ0v) is 8.89. The SMILES string of the molecule is CC(C)[n+]1ccn(-c2ccc(F)cc2)c1. The van der Waals surface area contributed by atoms with Gasteiger partial charge in [0.1, 0.15) is 23.9 Å². The second-order valence-electron chi connectivity index (χ2n) is 3.84. The fraction of sp³-hybridized carbons (Fsp3) is 0.250. The van der Waals surface area contributed by atoms with Gasteiger partial charge in [0.05, 0.1) is 6.04 Å². The van der Waals surface area contributed by atoms with Crippen LogP contribution in [0.1, 0.15) is 19.9 Å². The summed E-state index contributed by atoms with van der Waals surface area (Å²) in [5.41, 5.74) is 0.968. The first kappa shape index (κ1) is 9.90. The van der Waals surface area contributed by atoms with Crippen molar-refractivity contribution >= 4 is 0 Å². The Balaban J connectivity index is 2.33. The maximum absolute atomic E-state index is 12.7. The van der Waals surface area contributed by atoms with Crippen molar-refractivity contribution in [2.75, 3.05) is 0 Å². The summed E-state index contributed by atoms with van der Waals surface area (Å²) < 4.78 is 16.8. The number of imidazole rings is 1. The second-order valence-corrected chi connectivity index (χ2v) is 3.84. The molecule has 0 saturated heterocycles. The van der Waals surface area contributed by atoms with E-state index in [1.807, 2.05) is 23.3 Å². The van der Waals surface area contributed by atoms with Gasteiger partial charge in [-0.25, -0.2) is 13.5 Å². The van der Waals surface area contributed by atoms with Crippen LogP contribution in [0.2, 0.25) is 0 Å². The minimum atomic E-state index is -0.206. The van der Waals surface area contributed by atoms with Crippen molar-refractivity contribution in [1.82, 2.24) is 4.57 Å². The highest BCUT2D eigenvalue weighted by molar-refractivity contribution is 5.30. The Bertz CT molecular complexity index is 443. The third-order valence-electron chi connectivity index (χ3n) is 2.38. The number of aromatic nitrogens is 2. The molecule has 0 bridgehead atoms. The standard InChI is InChI=1S/C12H14FN2/c1-10(2)14-7-8-15(9-14)12-5-3-11(13)4-6-12/h3-10H,1-2H3/q+1. The summed E-state index contributed by atoms with van der Waals surface area (Å²) in [5, 5.41) is 0. The fourth-order valence-corrected chi connectivity index (χ4v) is 1.44. The molecule has 2 aromatic rings. The van der Waals surface area contributed by atoms with Crippen LogP contribution in [0, 0.1) is 5.82 Å². The molecule has 0 saturated carbocycles. The molecule has 0 spiro atoms. The van der Waals surface area contributed by atoms with E-state index in [4.69, 9.17) is 0 Å². The molecule has 0 amide bonds. The van der Waals surface area contributed by atoms with Gasteiger partial charge in [0, 0.05) is 0 Å². The Morgan fingerprint density at radius 2 is 1.87 bits per heavy atom. The Hall–Kier alpha value is -1.64. The van der Waals surface area contributed by atoms with Crippen LogP contribution >= 0.6 is 0 Å². The summed E-state index contributed by atoms with van der Waals surface area (Å²) in [7, 11) is 0. The smallest absolute Gasteiger partial charge is 0.234 e. The predicted molar refractivity (Wildman–Crippen MR) is 56.3 cm³/mol. The highest BCUT2D eigenvalue weighted by Crippen LogP contribution is 2.08. The molecule has 0 aliphatic rings. The Morgan fingerprint density at radius 3 is 2.40 bits per heavy atom. The van der Waals surface area contributed by atoms with Crippen molar-refractivity contribution in [3.05, 3.63) is 48.8 Å². The van der Waals surface area contributed by atoms with Crippen LogP contribution in [0.5, 0.6) is 0 Å². The van der Waals surface area contributed by atoms with Gasteiger partial charge in [0.25, 0.3) is 0 Å². The lowest BCUT2D eigenvalue weighted by atomic mass is 10.3. The molecule has 0 radical (unpaired) electrons. The number of hydrogen-bond donors (Lipinski definition) is 0. The molecular weight excluding hydrogens is 191 g/mol. The average molecular weight is 205 g/mol. The molecule has 1 aromatic heterocycles. The third kappa shape index (κ3) is 2.06. The van der Waals surface area contributed by atoms with Crippen molar-refractivity contribution in [3.63, 3.8) is 0 Å².